The SMILES string of the molecule is C[C@H](OC(=O)c1ccc(NC(N)=O)cc1)C(=O)Nc1ccccc1-c1ccccc1. The summed E-state index contributed by atoms with van der Waals surface area (Å²) in [6.07, 6.45) is -1.01. The Balaban J connectivity index is 1.65. The van der Waals surface area contributed by atoms with Crippen LogP contribution in [-0.2, 0) is 9.53 Å². The number of amides is 3. The van der Waals surface area contributed by atoms with Crippen LogP contribution in [0.2, 0.25) is 0 Å². The minimum absolute atomic E-state index is 0.245. The van der Waals surface area contributed by atoms with Crippen molar-refractivity contribution < 1.29 is 19.1 Å². The van der Waals surface area contributed by atoms with Gasteiger partial charge in [0, 0.05) is 16.9 Å². The van der Waals surface area contributed by atoms with Crippen molar-refractivity contribution in [1.82, 2.24) is 0 Å². The summed E-state index contributed by atoms with van der Waals surface area (Å²) >= 11 is 0. The summed E-state index contributed by atoms with van der Waals surface area (Å²) in [4.78, 5) is 35.8. The van der Waals surface area contributed by atoms with Crippen molar-refractivity contribution in [3.05, 3.63) is 84.4 Å². The third-order valence-corrected chi connectivity index (χ3v) is 4.31. The Kier molecular flexibility index (Phi) is 6.44. The van der Waals surface area contributed by atoms with Gasteiger partial charge >= 0.3 is 12.0 Å². The van der Waals surface area contributed by atoms with Gasteiger partial charge in [0.25, 0.3) is 5.91 Å². The van der Waals surface area contributed by atoms with Crippen molar-refractivity contribution in [1.29, 1.82) is 0 Å². The van der Waals surface area contributed by atoms with E-state index in [2.05, 4.69) is 10.6 Å². The summed E-state index contributed by atoms with van der Waals surface area (Å²) in [5.41, 5.74) is 8.19. The molecule has 3 amide bonds. The molecule has 3 aromatic rings. The second-order valence-electron chi connectivity index (χ2n) is 6.51. The van der Waals surface area contributed by atoms with Crippen molar-refractivity contribution in [3.63, 3.8) is 0 Å². The highest BCUT2D eigenvalue weighted by Crippen LogP contribution is 2.27. The van der Waals surface area contributed by atoms with Gasteiger partial charge in [-0.25, -0.2) is 9.59 Å². The van der Waals surface area contributed by atoms with Gasteiger partial charge in [-0.1, -0.05) is 48.5 Å². The molecule has 3 aromatic carbocycles. The maximum Gasteiger partial charge on any atom is 0.338 e. The number of hydrogen-bond acceptors (Lipinski definition) is 4. The molecule has 0 bridgehead atoms. The molecular formula is C23H21N3O4. The van der Waals surface area contributed by atoms with E-state index in [4.69, 9.17) is 10.5 Å². The first-order valence-electron chi connectivity index (χ1n) is 9.27. The molecule has 0 radical (unpaired) electrons. The first kappa shape index (κ1) is 20.6. The molecule has 0 saturated carbocycles. The summed E-state index contributed by atoms with van der Waals surface area (Å²) in [5.74, 6) is -1.10. The van der Waals surface area contributed by atoms with Crippen LogP contribution in [-0.4, -0.2) is 24.0 Å². The molecule has 0 aromatic heterocycles. The third kappa shape index (κ3) is 5.23. The molecule has 0 aliphatic rings. The molecule has 0 aliphatic heterocycles. The average molecular weight is 403 g/mol. The number of carbonyl (C=O) groups is 3. The molecule has 0 saturated heterocycles. The maximum atomic E-state index is 12.6. The fraction of sp³-hybridized carbons (Fsp3) is 0.0870. The van der Waals surface area contributed by atoms with Gasteiger partial charge in [-0.3, -0.25) is 4.79 Å². The largest absolute Gasteiger partial charge is 0.449 e. The summed E-state index contributed by atoms with van der Waals surface area (Å²) in [5, 5.41) is 5.22. The molecule has 152 valence electrons. The Morgan fingerprint density at radius 1 is 0.833 bits per heavy atom. The zero-order chi connectivity index (χ0) is 21.5. The predicted octanol–water partition coefficient (Wildman–Crippen LogP) is 4.03. The van der Waals surface area contributed by atoms with Gasteiger partial charge in [0.15, 0.2) is 6.10 Å². The second kappa shape index (κ2) is 9.38. The number of ether oxygens (including phenoxy) is 1. The molecule has 0 aliphatic carbocycles. The van der Waals surface area contributed by atoms with Crippen LogP contribution in [0.4, 0.5) is 16.2 Å². The molecule has 3 rings (SSSR count). The van der Waals surface area contributed by atoms with E-state index >= 15 is 0 Å². The number of urea groups is 1. The molecule has 0 spiro atoms. The first-order valence-corrected chi connectivity index (χ1v) is 9.27. The van der Waals surface area contributed by atoms with E-state index in [1.165, 1.54) is 31.2 Å². The van der Waals surface area contributed by atoms with Crippen LogP contribution in [0.3, 0.4) is 0 Å². The monoisotopic (exact) mass is 403 g/mol. The molecule has 0 fully saturated rings. The molecule has 30 heavy (non-hydrogen) atoms. The van der Waals surface area contributed by atoms with Gasteiger partial charge in [0.1, 0.15) is 0 Å². The van der Waals surface area contributed by atoms with Gasteiger partial charge in [0.05, 0.1) is 5.56 Å². The summed E-state index contributed by atoms with van der Waals surface area (Å²) in [6, 6.07) is 22.3. The van der Waals surface area contributed by atoms with E-state index in [0.717, 1.165) is 11.1 Å². The molecule has 0 heterocycles. The number of primary amides is 1. The number of esters is 1. The van der Waals surface area contributed by atoms with Crippen molar-refractivity contribution in [3.8, 4) is 11.1 Å². The van der Waals surface area contributed by atoms with E-state index < -0.39 is 24.0 Å². The van der Waals surface area contributed by atoms with Crippen molar-refractivity contribution in [2.75, 3.05) is 10.6 Å². The number of nitrogens with two attached hydrogens (primary N) is 1. The van der Waals surface area contributed by atoms with Crippen LogP contribution >= 0.6 is 0 Å². The van der Waals surface area contributed by atoms with Gasteiger partial charge < -0.3 is 21.1 Å². The lowest BCUT2D eigenvalue weighted by atomic mass is 10.0. The average Bonchev–Trinajstić information content (AvgIpc) is 2.74. The quantitative estimate of drug-likeness (QED) is 0.540. The minimum Gasteiger partial charge on any atom is -0.449 e. The zero-order valence-corrected chi connectivity index (χ0v) is 16.3. The minimum atomic E-state index is -1.01. The van der Waals surface area contributed by atoms with Crippen LogP contribution in [0.5, 0.6) is 0 Å². The number of carbonyl (C=O) groups excluding carboxylic acids is 3. The Bertz CT molecular complexity index is 1050. The molecule has 4 N–H and O–H groups in total. The topological polar surface area (TPSA) is 111 Å². The van der Waals surface area contributed by atoms with Gasteiger partial charge in [-0.2, -0.15) is 0 Å². The van der Waals surface area contributed by atoms with Crippen LogP contribution in [0, 0.1) is 0 Å². The van der Waals surface area contributed by atoms with E-state index in [1.807, 2.05) is 48.5 Å². The number of benzene rings is 3. The highest BCUT2D eigenvalue weighted by Gasteiger charge is 2.20. The summed E-state index contributed by atoms with van der Waals surface area (Å²) in [7, 11) is 0. The molecule has 7 nitrogen and oxygen atoms in total. The van der Waals surface area contributed by atoms with Crippen LogP contribution in [0.1, 0.15) is 17.3 Å². The number of nitrogens with one attached hydrogen (secondary N) is 2. The molecule has 0 unspecified atom stereocenters. The number of anilines is 2. The Morgan fingerprint density at radius 3 is 2.13 bits per heavy atom. The molecule has 7 heteroatoms. The Labute approximate surface area is 173 Å². The van der Waals surface area contributed by atoms with Crippen LogP contribution < -0.4 is 16.4 Å². The summed E-state index contributed by atoms with van der Waals surface area (Å²) < 4.78 is 5.27. The molecular weight excluding hydrogens is 382 g/mol. The van der Waals surface area contributed by atoms with Gasteiger partial charge in [-0.05, 0) is 42.8 Å². The van der Waals surface area contributed by atoms with Gasteiger partial charge in [-0.15, -0.1) is 0 Å². The van der Waals surface area contributed by atoms with E-state index in [-0.39, 0.29) is 5.56 Å². The number of para-hydroxylation sites is 1. The fourth-order valence-corrected chi connectivity index (χ4v) is 2.81. The number of hydrogen-bond donors (Lipinski definition) is 3. The fourth-order valence-electron chi connectivity index (χ4n) is 2.81. The zero-order valence-electron chi connectivity index (χ0n) is 16.3. The van der Waals surface area contributed by atoms with E-state index in [0.29, 0.717) is 11.4 Å². The number of rotatable bonds is 6. The highest BCUT2D eigenvalue weighted by atomic mass is 16.5. The molecule has 1 atom stereocenters. The second-order valence-corrected chi connectivity index (χ2v) is 6.51. The lowest BCUT2D eigenvalue weighted by Gasteiger charge is -2.16. The van der Waals surface area contributed by atoms with Crippen molar-refractivity contribution in [2.24, 2.45) is 5.73 Å². The van der Waals surface area contributed by atoms with Gasteiger partial charge in [0.2, 0.25) is 0 Å². The normalized spacial score (nSPS) is 11.2. The highest BCUT2D eigenvalue weighted by molar-refractivity contribution is 6.00. The Hall–Kier alpha value is -4.13. The van der Waals surface area contributed by atoms with E-state index in [9.17, 15) is 14.4 Å². The Morgan fingerprint density at radius 2 is 1.47 bits per heavy atom. The summed E-state index contributed by atoms with van der Waals surface area (Å²) in [6.45, 7) is 1.50. The lowest BCUT2D eigenvalue weighted by Crippen LogP contribution is -2.30. The van der Waals surface area contributed by atoms with Crippen molar-refractivity contribution in [2.45, 2.75) is 13.0 Å². The van der Waals surface area contributed by atoms with Crippen LogP contribution in [0.25, 0.3) is 11.1 Å². The van der Waals surface area contributed by atoms with Crippen LogP contribution in [0.15, 0.2) is 78.9 Å². The van der Waals surface area contributed by atoms with E-state index in [1.54, 1.807) is 6.07 Å². The third-order valence-electron chi connectivity index (χ3n) is 4.31. The maximum absolute atomic E-state index is 12.6. The first-order chi connectivity index (χ1) is 14.4. The predicted molar refractivity (Wildman–Crippen MR) is 115 cm³/mol. The standard InChI is InChI=1S/C23H21N3O4/c1-15(30-22(28)17-11-13-18(14-12-17)25-23(24)29)21(27)26-20-10-6-5-9-19(20)16-7-3-2-4-8-16/h2-15H,1H3,(H,26,27)(H3,24,25,29)/t15-/m0/s1. The smallest absolute Gasteiger partial charge is 0.338 e. The lowest BCUT2D eigenvalue weighted by molar-refractivity contribution is -0.123. The van der Waals surface area contributed by atoms with Crippen molar-refractivity contribution >= 4 is 29.3 Å².